The van der Waals surface area contributed by atoms with Crippen molar-refractivity contribution in [3.63, 3.8) is 0 Å². The maximum absolute atomic E-state index is 13.1. The van der Waals surface area contributed by atoms with E-state index in [0.29, 0.717) is 54.3 Å². The van der Waals surface area contributed by atoms with Crippen molar-refractivity contribution in [2.75, 3.05) is 44.6 Å². The molecule has 1 amide bonds. The third-order valence-corrected chi connectivity index (χ3v) is 12.5. The molecule has 0 bridgehead atoms. The van der Waals surface area contributed by atoms with E-state index in [2.05, 4.69) is 58.5 Å². The molecular weight excluding hydrogens is 639 g/mol. The van der Waals surface area contributed by atoms with E-state index >= 15 is 0 Å². The number of likely N-dealkylation sites (tertiary alicyclic amines) is 1. The van der Waals surface area contributed by atoms with Crippen molar-refractivity contribution in [3.05, 3.63) is 64.0 Å². The van der Waals surface area contributed by atoms with Crippen LogP contribution in [0.4, 0.5) is 19.0 Å². The Kier molecular flexibility index (Phi) is 8.00. The summed E-state index contributed by atoms with van der Waals surface area (Å²) in [5, 5.41) is 25.8. The number of hydrogen-bond donors (Lipinski definition) is 2. The number of amides is 1. The lowest BCUT2D eigenvalue weighted by molar-refractivity contribution is -0.127. The average Bonchev–Trinajstić information content (AvgIpc) is 3.49. The molecule has 2 aromatic rings. The van der Waals surface area contributed by atoms with Gasteiger partial charge in [0.1, 0.15) is 28.7 Å². The van der Waals surface area contributed by atoms with Gasteiger partial charge in [0.05, 0.1) is 23.4 Å². The molecule has 1 aliphatic carbocycles. The number of nitrogens with one attached hydrogen (secondary N) is 1. The number of nitriles is 1. The molecule has 0 aromatic carbocycles. The van der Waals surface area contributed by atoms with E-state index in [0.717, 1.165) is 54.0 Å². The highest BCUT2D eigenvalue weighted by Gasteiger charge is 2.59. The van der Waals surface area contributed by atoms with Gasteiger partial charge in [-0.2, -0.15) is 18.4 Å². The number of piperidine rings is 2. The second kappa shape index (κ2) is 11.7. The zero-order chi connectivity index (χ0) is 34.2. The summed E-state index contributed by atoms with van der Waals surface area (Å²) in [4.78, 5) is 28.8. The number of alkyl halides is 3. The maximum Gasteiger partial charge on any atom is 0.393 e. The molecule has 4 atom stereocenters. The molecule has 13 heteroatoms. The van der Waals surface area contributed by atoms with Gasteiger partial charge in [-0.3, -0.25) is 4.79 Å². The van der Waals surface area contributed by atoms with Gasteiger partial charge in [0.15, 0.2) is 0 Å². The summed E-state index contributed by atoms with van der Waals surface area (Å²) >= 11 is 1.05. The standard InChI is InChI=1S/C35H40F3N7O2S/c1-5-29(47)44-11-8-24-28(46)17-45-22(15-39)12-26-20(2)33(3,27(16-44)30(24)34(26,45)4)18-43-9-6-21(7-10-43)42-31-25-13-23(14-35(36,37)38)48-32(25)41-19-40-31/h5,12-13,19,21,24,28,46H,1,6-11,14,16-18H2,2-4H3,(H,40,41,42). The largest absolute Gasteiger partial charge is 0.393 e. The van der Waals surface area contributed by atoms with Gasteiger partial charge in [-0.1, -0.05) is 19.1 Å². The topological polar surface area (TPSA) is 109 Å². The number of nitrogens with zero attached hydrogens (tertiary/aromatic N) is 6. The first-order valence-corrected chi connectivity index (χ1v) is 17.3. The van der Waals surface area contributed by atoms with Gasteiger partial charge in [0.25, 0.3) is 0 Å². The molecule has 6 heterocycles. The van der Waals surface area contributed by atoms with Gasteiger partial charge in [-0.25, -0.2) is 9.97 Å². The van der Waals surface area contributed by atoms with Crippen molar-refractivity contribution in [3.8, 4) is 6.07 Å². The summed E-state index contributed by atoms with van der Waals surface area (Å²) in [5.74, 6) is 0.302. The zero-order valence-electron chi connectivity index (χ0n) is 27.4. The quantitative estimate of drug-likeness (QED) is 0.317. The smallest absolute Gasteiger partial charge is 0.391 e. The Morgan fingerprint density at radius 1 is 1.25 bits per heavy atom. The molecule has 5 aliphatic rings. The number of aliphatic hydroxyl groups excluding tert-OH is 1. The van der Waals surface area contributed by atoms with E-state index < -0.39 is 29.7 Å². The van der Waals surface area contributed by atoms with Gasteiger partial charge in [-0.15, -0.1) is 11.3 Å². The molecule has 254 valence electrons. The summed E-state index contributed by atoms with van der Waals surface area (Å²) in [5.41, 5.74) is 4.14. The van der Waals surface area contributed by atoms with Crippen LogP contribution >= 0.6 is 11.3 Å². The lowest BCUT2D eigenvalue weighted by atomic mass is 9.57. The first kappa shape index (κ1) is 32.8. The van der Waals surface area contributed by atoms with Crippen molar-refractivity contribution < 1.29 is 23.1 Å². The Labute approximate surface area is 282 Å². The molecule has 0 radical (unpaired) electrons. The van der Waals surface area contributed by atoms with Crippen LogP contribution in [-0.2, 0) is 11.2 Å². The molecule has 2 aromatic heterocycles. The number of carbonyl (C=O) groups excluding carboxylic acids is 1. The van der Waals surface area contributed by atoms with Crippen LogP contribution < -0.4 is 5.32 Å². The van der Waals surface area contributed by atoms with E-state index in [4.69, 9.17) is 0 Å². The predicted molar refractivity (Wildman–Crippen MR) is 178 cm³/mol. The zero-order valence-corrected chi connectivity index (χ0v) is 28.2. The molecule has 9 nitrogen and oxygen atoms in total. The van der Waals surface area contributed by atoms with Gasteiger partial charge in [0.2, 0.25) is 5.91 Å². The molecule has 48 heavy (non-hydrogen) atoms. The van der Waals surface area contributed by atoms with E-state index in [1.54, 1.807) is 6.07 Å². The van der Waals surface area contributed by atoms with Crippen LogP contribution in [-0.4, -0.2) is 98.8 Å². The lowest BCUT2D eigenvalue weighted by Crippen LogP contribution is -2.60. The van der Waals surface area contributed by atoms with Crippen molar-refractivity contribution in [2.24, 2.45) is 11.3 Å². The van der Waals surface area contributed by atoms with Crippen LogP contribution in [0.3, 0.4) is 0 Å². The van der Waals surface area contributed by atoms with E-state index in [1.165, 1.54) is 18.0 Å². The summed E-state index contributed by atoms with van der Waals surface area (Å²) < 4.78 is 39.1. The highest BCUT2D eigenvalue weighted by molar-refractivity contribution is 7.18. The van der Waals surface area contributed by atoms with Crippen LogP contribution in [0.25, 0.3) is 10.2 Å². The Morgan fingerprint density at radius 2 is 2.00 bits per heavy atom. The van der Waals surface area contributed by atoms with Gasteiger partial charge in [0, 0.05) is 61.5 Å². The number of fused-ring (bicyclic) bond motifs is 1. The Balaban J connectivity index is 1.16. The molecule has 2 N–H and O–H groups in total. The van der Waals surface area contributed by atoms with Crippen LogP contribution in [0.15, 0.2) is 59.1 Å². The summed E-state index contributed by atoms with van der Waals surface area (Å²) in [6, 6.07) is 4.02. The second-order valence-corrected chi connectivity index (χ2v) is 15.3. The van der Waals surface area contributed by atoms with Crippen LogP contribution in [0.5, 0.6) is 0 Å². The molecule has 0 saturated carbocycles. The number of β-amino-alcohol motifs (C(OH)–C–C–N with tert-alkyl or cyclic N) is 1. The molecule has 0 spiro atoms. The van der Waals surface area contributed by atoms with Crippen molar-refractivity contribution in [1.82, 2.24) is 24.7 Å². The molecule has 7 rings (SSSR count). The van der Waals surface area contributed by atoms with Crippen LogP contribution in [0.2, 0.25) is 0 Å². The van der Waals surface area contributed by atoms with Crippen LogP contribution in [0.1, 0.15) is 44.9 Å². The third-order valence-electron chi connectivity index (χ3n) is 11.5. The third kappa shape index (κ3) is 5.24. The molecule has 2 fully saturated rings. The van der Waals surface area contributed by atoms with E-state index in [9.17, 15) is 28.3 Å². The minimum Gasteiger partial charge on any atom is -0.391 e. The first-order valence-electron chi connectivity index (χ1n) is 16.5. The number of halogens is 3. The SMILES string of the molecule is C=CC(=O)N1CCC2C3=C(C1)C(C)(CN1CCC(Nc4ncnc5sc(CC(F)(F)F)cc45)CC1)C(C)=C1C=C(C#N)N(CC2O)C13C. The normalized spacial score (nSPS) is 29.5. The predicted octanol–water partition coefficient (Wildman–Crippen LogP) is 5.20. The molecule has 4 unspecified atom stereocenters. The van der Waals surface area contributed by atoms with Gasteiger partial charge >= 0.3 is 6.18 Å². The average molecular weight is 680 g/mol. The Bertz CT molecular complexity index is 1820. The highest BCUT2D eigenvalue weighted by atomic mass is 32.1. The number of thiophene rings is 1. The van der Waals surface area contributed by atoms with Gasteiger partial charge in [-0.05, 0) is 68.0 Å². The van der Waals surface area contributed by atoms with Crippen molar-refractivity contribution in [1.29, 1.82) is 5.26 Å². The minimum absolute atomic E-state index is 0.0928. The Morgan fingerprint density at radius 3 is 2.69 bits per heavy atom. The number of aliphatic hydroxyl groups is 1. The minimum atomic E-state index is -4.28. The van der Waals surface area contributed by atoms with Crippen LogP contribution in [0, 0.1) is 22.7 Å². The first-order chi connectivity index (χ1) is 22.8. The van der Waals surface area contributed by atoms with Crippen molar-refractivity contribution in [2.45, 2.75) is 70.3 Å². The molecular formula is C35H40F3N7O2S. The van der Waals surface area contributed by atoms with E-state index in [-0.39, 0.29) is 22.7 Å². The second-order valence-electron chi connectivity index (χ2n) is 14.2. The summed E-state index contributed by atoms with van der Waals surface area (Å²) in [7, 11) is 0. The summed E-state index contributed by atoms with van der Waals surface area (Å²) in [6.45, 7) is 14.0. The summed E-state index contributed by atoms with van der Waals surface area (Å²) in [6.07, 6.45) is 1.11. The lowest BCUT2D eigenvalue weighted by Gasteiger charge is -2.56. The fourth-order valence-electron chi connectivity index (χ4n) is 8.96. The fourth-order valence-corrected chi connectivity index (χ4v) is 9.98. The number of carbonyl (C=O) groups is 1. The van der Waals surface area contributed by atoms with E-state index in [1.807, 2.05) is 11.0 Å². The number of allylic oxidation sites excluding steroid dienone is 1. The number of aromatic nitrogens is 2. The number of rotatable bonds is 6. The fraction of sp³-hybridized carbons (Fsp3) is 0.543. The highest BCUT2D eigenvalue weighted by Crippen LogP contribution is 2.60. The van der Waals surface area contributed by atoms with Crippen molar-refractivity contribution >= 4 is 33.3 Å². The monoisotopic (exact) mass is 679 g/mol. The molecule has 2 saturated heterocycles. The maximum atomic E-state index is 13.1. The number of hydrogen-bond acceptors (Lipinski definition) is 9. The molecule has 4 aliphatic heterocycles. The van der Waals surface area contributed by atoms with Gasteiger partial charge < -0.3 is 25.1 Å². The number of anilines is 1. The Hall–Kier alpha value is -3.73.